The van der Waals surface area contributed by atoms with Gasteiger partial charge in [-0.3, -0.25) is 0 Å². The SMILES string of the molecule is CCCC[C@@H]1CCC[C@H]1O. The zero-order valence-corrected chi connectivity index (χ0v) is 6.84. The first-order valence-electron chi connectivity index (χ1n) is 4.52. The molecule has 60 valence electrons. The molecule has 1 rings (SSSR count). The van der Waals surface area contributed by atoms with Crippen LogP contribution in [0.3, 0.4) is 0 Å². The summed E-state index contributed by atoms with van der Waals surface area (Å²) in [5.41, 5.74) is 0. The van der Waals surface area contributed by atoms with Crippen molar-refractivity contribution < 1.29 is 5.11 Å². The summed E-state index contributed by atoms with van der Waals surface area (Å²) in [5, 5.41) is 9.42. The van der Waals surface area contributed by atoms with Crippen molar-refractivity contribution in [3.8, 4) is 0 Å². The lowest BCUT2D eigenvalue weighted by Crippen LogP contribution is -2.12. The van der Waals surface area contributed by atoms with Crippen LogP contribution in [0.2, 0.25) is 0 Å². The topological polar surface area (TPSA) is 20.2 Å². The fourth-order valence-electron chi connectivity index (χ4n) is 1.82. The molecule has 0 radical (unpaired) electrons. The van der Waals surface area contributed by atoms with Crippen LogP contribution in [0.25, 0.3) is 0 Å². The molecule has 1 aliphatic rings. The van der Waals surface area contributed by atoms with Crippen molar-refractivity contribution in [2.24, 2.45) is 5.92 Å². The van der Waals surface area contributed by atoms with Crippen LogP contribution in [-0.2, 0) is 0 Å². The second kappa shape index (κ2) is 3.97. The molecule has 2 atom stereocenters. The molecular weight excluding hydrogens is 124 g/mol. The van der Waals surface area contributed by atoms with Gasteiger partial charge in [0.05, 0.1) is 6.10 Å². The van der Waals surface area contributed by atoms with E-state index >= 15 is 0 Å². The molecule has 0 aromatic heterocycles. The summed E-state index contributed by atoms with van der Waals surface area (Å²) in [6, 6.07) is 0. The van der Waals surface area contributed by atoms with Gasteiger partial charge in [0.2, 0.25) is 0 Å². The van der Waals surface area contributed by atoms with Crippen LogP contribution in [-0.4, -0.2) is 11.2 Å². The van der Waals surface area contributed by atoms with E-state index in [1.807, 2.05) is 0 Å². The highest BCUT2D eigenvalue weighted by Gasteiger charge is 2.23. The molecule has 0 heterocycles. The Bertz CT molecular complexity index is 90.7. The van der Waals surface area contributed by atoms with E-state index in [0.29, 0.717) is 5.92 Å². The average Bonchev–Trinajstić information content (AvgIpc) is 2.31. The van der Waals surface area contributed by atoms with Crippen LogP contribution in [0, 0.1) is 5.92 Å². The Morgan fingerprint density at radius 2 is 2.20 bits per heavy atom. The normalized spacial score (nSPS) is 33.0. The second-order valence-electron chi connectivity index (χ2n) is 3.40. The minimum Gasteiger partial charge on any atom is -0.393 e. The van der Waals surface area contributed by atoms with Crippen molar-refractivity contribution in [1.29, 1.82) is 0 Å². The van der Waals surface area contributed by atoms with Gasteiger partial charge in [0.25, 0.3) is 0 Å². The molecule has 1 saturated carbocycles. The molecule has 1 aliphatic carbocycles. The summed E-state index contributed by atoms with van der Waals surface area (Å²) in [6.45, 7) is 2.21. The van der Waals surface area contributed by atoms with Crippen molar-refractivity contribution in [1.82, 2.24) is 0 Å². The Morgan fingerprint density at radius 1 is 1.40 bits per heavy atom. The van der Waals surface area contributed by atoms with E-state index in [1.54, 1.807) is 0 Å². The van der Waals surface area contributed by atoms with Gasteiger partial charge in [-0.25, -0.2) is 0 Å². The predicted octanol–water partition coefficient (Wildman–Crippen LogP) is 2.34. The van der Waals surface area contributed by atoms with Crippen LogP contribution in [0.15, 0.2) is 0 Å². The lowest BCUT2D eigenvalue weighted by molar-refractivity contribution is 0.126. The molecular formula is C9H18O. The maximum Gasteiger partial charge on any atom is 0.0568 e. The van der Waals surface area contributed by atoms with Gasteiger partial charge in [-0.2, -0.15) is 0 Å². The van der Waals surface area contributed by atoms with Gasteiger partial charge in [-0.15, -0.1) is 0 Å². The first kappa shape index (κ1) is 8.06. The number of rotatable bonds is 3. The molecule has 0 saturated heterocycles. The third-order valence-corrected chi connectivity index (χ3v) is 2.55. The van der Waals surface area contributed by atoms with Crippen molar-refractivity contribution in [3.63, 3.8) is 0 Å². The highest BCUT2D eigenvalue weighted by atomic mass is 16.3. The van der Waals surface area contributed by atoms with E-state index in [4.69, 9.17) is 0 Å². The van der Waals surface area contributed by atoms with Gasteiger partial charge in [-0.05, 0) is 25.2 Å². The Balaban J connectivity index is 2.14. The zero-order valence-electron chi connectivity index (χ0n) is 6.84. The maximum absolute atomic E-state index is 9.42. The fraction of sp³-hybridized carbons (Fsp3) is 1.00. The van der Waals surface area contributed by atoms with E-state index < -0.39 is 0 Å². The van der Waals surface area contributed by atoms with Crippen molar-refractivity contribution in [2.75, 3.05) is 0 Å². The highest BCUT2D eigenvalue weighted by molar-refractivity contribution is 4.75. The van der Waals surface area contributed by atoms with Gasteiger partial charge in [-0.1, -0.05) is 26.2 Å². The van der Waals surface area contributed by atoms with E-state index in [2.05, 4.69) is 6.92 Å². The third kappa shape index (κ3) is 1.98. The van der Waals surface area contributed by atoms with Gasteiger partial charge in [0, 0.05) is 0 Å². The number of aliphatic hydroxyl groups is 1. The van der Waals surface area contributed by atoms with Crippen LogP contribution in [0.1, 0.15) is 45.4 Å². The summed E-state index contributed by atoms with van der Waals surface area (Å²) in [6.07, 6.45) is 7.40. The Kier molecular flexibility index (Phi) is 3.20. The van der Waals surface area contributed by atoms with E-state index in [1.165, 1.54) is 32.1 Å². The van der Waals surface area contributed by atoms with Crippen LogP contribution in [0.4, 0.5) is 0 Å². The molecule has 0 unspecified atom stereocenters. The number of unbranched alkanes of at least 4 members (excludes halogenated alkanes) is 1. The summed E-state index contributed by atoms with van der Waals surface area (Å²) < 4.78 is 0. The van der Waals surface area contributed by atoms with E-state index in [0.717, 1.165) is 6.42 Å². The molecule has 1 nitrogen and oxygen atoms in total. The number of hydrogen-bond acceptors (Lipinski definition) is 1. The van der Waals surface area contributed by atoms with Crippen molar-refractivity contribution in [2.45, 2.75) is 51.6 Å². The lowest BCUT2D eigenvalue weighted by atomic mass is 9.99. The third-order valence-electron chi connectivity index (χ3n) is 2.55. The summed E-state index contributed by atoms with van der Waals surface area (Å²) in [4.78, 5) is 0. The molecule has 0 aliphatic heterocycles. The van der Waals surface area contributed by atoms with E-state index in [9.17, 15) is 5.11 Å². The van der Waals surface area contributed by atoms with Gasteiger partial charge >= 0.3 is 0 Å². The van der Waals surface area contributed by atoms with Crippen LogP contribution in [0.5, 0.6) is 0 Å². The van der Waals surface area contributed by atoms with Crippen LogP contribution < -0.4 is 0 Å². The van der Waals surface area contributed by atoms with Crippen molar-refractivity contribution >= 4 is 0 Å². The lowest BCUT2D eigenvalue weighted by Gasteiger charge is -2.12. The number of aliphatic hydroxyl groups excluding tert-OH is 1. The largest absolute Gasteiger partial charge is 0.393 e. The zero-order chi connectivity index (χ0) is 7.40. The minimum absolute atomic E-state index is 0.0338. The first-order valence-corrected chi connectivity index (χ1v) is 4.52. The molecule has 1 fully saturated rings. The smallest absolute Gasteiger partial charge is 0.0568 e. The molecule has 0 bridgehead atoms. The standard InChI is InChI=1S/C9H18O/c1-2-3-5-8-6-4-7-9(8)10/h8-10H,2-7H2,1H3/t8-,9-/m1/s1. The number of hydrogen-bond donors (Lipinski definition) is 1. The fourth-order valence-corrected chi connectivity index (χ4v) is 1.82. The second-order valence-corrected chi connectivity index (χ2v) is 3.40. The summed E-state index contributed by atoms with van der Waals surface area (Å²) in [7, 11) is 0. The Hall–Kier alpha value is -0.0400. The van der Waals surface area contributed by atoms with Gasteiger partial charge < -0.3 is 5.11 Å². The quantitative estimate of drug-likeness (QED) is 0.641. The summed E-state index contributed by atoms with van der Waals surface area (Å²) >= 11 is 0. The monoisotopic (exact) mass is 142 g/mol. The molecule has 0 aromatic carbocycles. The predicted molar refractivity (Wildman–Crippen MR) is 42.9 cm³/mol. The average molecular weight is 142 g/mol. The molecule has 10 heavy (non-hydrogen) atoms. The molecule has 0 aromatic rings. The highest BCUT2D eigenvalue weighted by Crippen LogP contribution is 2.29. The van der Waals surface area contributed by atoms with Gasteiger partial charge in [0.15, 0.2) is 0 Å². The molecule has 1 heteroatoms. The van der Waals surface area contributed by atoms with E-state index in [-0.39, 0.29) is 6.10 Å². The maximum atomic E-state index is 9.42. The molecule has 0 amide bonds. The summed E-state index contributed by atoms with van der Waals surface area (Å²) in [5.74, 6) is 0.639. The molecule has 0 spiro atoms. The first-order chi connectivity index (χ1) is 4.84. The Morgan fingerprint density at radius 3 is 2.70 bits per heavy atom. The van der Waals surface area contributed by atoms with Crippen LogP contribution >= 0.6 is 0 Å². The Labute approximate surface area is 63.4 Å². The van der Waals surface area contributed by atoms with Crippen molar-refractivity contribution in [3.05, 3.63) is 0 Å². The van der Waals surface area contributed by atoms with Gasteiger partial charge in [0.1, 0.15) is 0 Å². The minimum atomic E-state index is 0.0338. The molecule has 1 N–H and O–H groups in total.